The minimum Gasteiger partial charge on any atom is -0.366 e. The van der Waals surface area contributed by atoms with Crippen LogP contribution in [0, 0.1) is 0 Å². The molecule has 3 nitrogen and oxygen atoms in total. The molecule has 0 aliphatic rings. The van der Waals surface area contributed by atoms with Gasteiger partial charge in [-0.1, -0.05) is 32.4 Å². The van der Waals surface area contributed by atoms with E-state index < -0.39 is 0 Å². The lowest BCUT2D eigenvalue weighted by molar-refractivity contribution is 0.747. The van der Waals surface area contributed by atoms with E-state index in [1.165, 1.54) is 0 Å². The third-order valence-corrected chi connectivity index (χ3v) is 3.37. The lowest BCUT2D eigenvalue weighted by atomic mass is 10.2. The van der Waals surface area contributed by atoms with Gasteiger partial charge in [-0.15, -0.1) is 0 Å². The Bertz CT molecular complexity index is 358. The zero-order valence-corrected chi connectivity index (χ0v) is 12.4. The van der Waals surface area contributed by atoms with Gasteiger partial charge in [-0.3, -0.25) is 0 Å². The van der Waals surface area contributed by atoms with E-state index in [1.807, 2.05) is 11.8 Å². The maximum absolute atomic E-state index is 6.00. The van der Waals surface area contributed by atoms with Gasteiger partial charge in [0.15, 0.2) is 0 Å². The quantitative estimate of drug-likeness (QED) is 0.800. The Morgan fingerprint density at radius 3 is 2.65 bits per heavy atom. The summed E-state index contributed by atoms with van der Waals surface area (Å²) in [5.41, 5.74) is 0. The van der Waals surface area contributed by atoms with Gasteiger partial charge in [-0.2, -0.15) is 11.8 Å². The number of aromatic nitrogens is 2. The number of thioether (sulfide) groups is 1. The van der Waals surface area contributed by atoms with Crippen molar-refractivity contribution in [3.8, 4) is 0 Å². The van der Waals surface area contributed by atoms with E-state index >= 15 is 0 Å². The predicted molar refractivity (Wildman–Crippen MR) is 77.2 cm³/mol. The highest BCUT2D eigenvalue weighted by molar-refractivity contribution is 7.98. The SMILES string of the molecule is CCC(CSC)Nc1cc(Cl)nc(C(C)C)n1. The molecule has 0 aromatic carbocycles. The molecule has 0 fully saturated rings. The maximum atomic E-state index is 6.00. The van der Waals surface area contributed by atoms with Gasteiger partial charge in [0.25, 0.3) is 0 Å². The smallest absolute Gasteiger partial charge is 0.135 e. The largest absolute Gasteiger partial charge is 0.366 e. The molecule has 1 aromatic heterocycles. The van der Waals surface area contributed by atoms with Crippen LogP contribution in [0.2, 0.25) is 5.15 Å². The Morgan fingerprint density at radius 2 is 2.12 bits per heavy atom. The molecule has 0 radical (unpaired) electrons. The molecule has 0 aliphatic heterocycles. The van der Waals surface area contributed by atoms with Gasteiger partial charge >= 0.3 is 0 Å². The molecule has 1 aromatic rings. The summed E-state index contributed by atoms with van der Waals surface area (Å²) in [6, 6.07) is 2.21. The molecule has 1 heterocycles. The van der Waals surface area contributed by atoms with Crippen LogP contribution in [-0.2, 0) is 0 Å². The van der Waals surface area contributed by atoms with Crippen LogP contribution in [0.4, 0.5) is 5.82 Å². The van der Waals surface area contributed by atoms with E-state index in [-0.39, 0.29) is 5.92 Å². The Morgan fingerprint density at radius 1 is 1.41 bits per heavy atom. The number of halogens is 1. The highest BCUT2D eigenvalue weighted by Crippen LogP contribution is 2.18. The fourth-order valence-electron chi connectivity index (χ4n) is 1.44. The van der Waals surface area contributed by atoms with Crippen LogP contribution in [0.3, 0.4) is 0 Å². The van der Waals surface area contributed by atoms with Gasteiger partial charge in [0.2, 0.25) is 0 Å². The average Bonchev–Trinajstić information content (AvgIpc) is 2.27. The first-order valence-electron chi connectivity index (χ1n) is 5.86. The molecule has 0 bridgehead atoms. The van der Waals surface area contributed by atoms with Crippen molar-refractivity contribution in [3.63, 3.8) is 0 Å². The van der Waals surface area contributed by atoms with Gasteiger partial charge in [0.1, 0.15) is 16.8 Å². The molecule has 0 saturated carbocycles. The Hall–Kier alpha value is -0.480. The highest BCUT2D eigenvalue weighted by atomic mass is 35.5. The molecule has 1 atom stereocenters. The van der Waals surface area contributed by atoms with Crippen molar-refractivity contribution < 1.29 is 0 Å². The monoisotopic (exact) mass is 273 g/mol. The first kappa shape index (κ1) is 14.6. The van der Waals surface area contributed by atoms with E-state index in [4.69, 9.17) is 11.6 Å². The molecule has 5 heteroatoms. The summed E-state index contributed by atoms with van der Waals surface area (Å²) in [5.74, 6) is 2.97. The molecule has 0 spiro atoms. The molecular formula is C12H20ClN3S. The normalized spacial score (nSPS) is 12.8. The lowest BCUT2D eigenvalue weighted by Crippen LogP contribution is -2.22. The van der Waals surface area contributed by atoms with Crippen LogP contribution in [0.15, 0.2) is 6.07 Å². The number of hydrogen-bond acceptors (Lipinski definition) is 4. The molecule has 17 heavy (non-hydrogen) atoms. The minimum atomic E-state index is 0.287. The van der Waals surface area contributed by atoms with Gasteiger partial charge in [-0.25, -0.2) is 9.97 Å². The number of rotatable bonds is 6. The van der Waals surface area contributed by atoms with Crippen molar-refractivity contribution in [2.24, 2.45) is 0 Å². The van der Waals surface area contributed by atoms with Crippen molar-refractivity contribution in [2.45, 2.75) is 39.2 Å². The third kappa shape index (κ3) is 4.72. The summed E-state index contributed by atoms with van der Waals surface area (Å²) in [4.78, 5) is 8.71. The number of nitrogens with zero attached hydrogens (tertiary/aromatic N) is 2. The van der Waals surface area contributed by atoms with Crippen LogP contribution in [0.1, 0.15) is 38.9 Å². The zero-order chi connectivity index (χ0) is 12.8. The van der Waals surface area contributed by atoms with Gasteiger partial charge < -0.3 is 5.32 Å². The third-order valence-electron chi connectivity index (χ3n) is 2.44. The van der Waals surface area contributed by atoms with Crippen molar-refractivity contribution in [1.29, 1.82) is 0 Å². The first-order valence-corrected chi connectivity index (χ1v) is 7.64. The lowest BCUT2D eigenvalue weighted by Gasteiger charge is -2.17. The Kier molecular flexibility index (Phi) is 6.06. The molecule has 1 rings (SSSR count). The zero-order valence-electron chi connectivity index (χ0n) is 10.8. The fraction of sp³-hybridized carbons (Fsp3) is 0.667. The maximum Gasteiger partial charge on any atom is 0.135 e. The molecule has 0 saturated heterocycles. The van der Waals surface area contributed by atoms with Crippen molar-refractivity contribution >= 4 is 29.2 Å². The molecule has 1 N–H and O–H groups in total. The van der Waals surface area contributed by atoms with E-state index in [0.29, 0.717) is 11.2 Å². The van der Waals surface area contributed by atoms with Gasteiger partial charge in [-0.05, 0) is 12.7 Å². The second-order valence-corrected chi connectivity index (χ2v) is 5.59. The van der Waals surface area contributed by atoms with Crippen molar-refractivity contribution in [3.05, 3.63) is 17.0 Å². The van der Waals surface area contributed by atoms with E-state index in [0.717, 1.165) is 23.8 Å². The Balaban J connectivity index is 2.82. The van der Waals surface area contributed by atoms with Crippen LogP contribution >= 0.6 is 23.4 Å². The summed E-state index contributed by atoms with van der Waals surface area (Å²) >= 11 is 7.83. The van der Waals surface area contributed by atoms with E-state index in [9.17, 15) is 0 Å². The molecule has 1 unspecified atom stereocenters. The Labute approximate surface area is 113 Å². The van der Waals surface area contributed by atoms with Crippen LogP contribution < -0.4 is 5.32 Å². The van der Waals surface area contributed by atoms with E-state index in [1.54, 1.807) is 6.07 Å². The van der Waals surface area contributed by atoms with Crippen LogP contribution in [0.25, 0.3) is 0 Å². The summed E-state index contributed by atoms with van der Waals surface area (Å²) in [5, 5.41) is 3.91. The molecule has 0 aliphatic carbocycles. The summed E-state index contributed by atoms with van der Waals surface area (Å²) in [6.45, 7) is 6.29. The molecule has 0 amide bonds. The first-order chi connectivity index (χ1) is 8.06. The second kappa shape index (κ2) is 7.07. The topological polar surface area (TPSA) is 37.8 Å². The van der Waals surface area contributed by atoms with Gasteiger partial charge in [0.05, 0.1) is 0 Å². The standard InChI is InChI=1S/C12H20ClN3S/c1-5-9(7-17-4)14-11-6-10(13)15-12(16-11)8(2)3/h6,8-9H,5,7H2,1-4H3,(H,14,15,16). The minimum absolute atomic E-state index is 0.287. The van der Waals surface area contributed by atoms with Crippen LogP contribution in [-0.4, -0.2) is 28.0 Å². The summed E-state index contributed by atoms with van der Waals surface area (Å²) in [7, 11) is 0. The number of hydrogen-bond donors (Lipinski definition) is 1. The molecule has 96 valence electrons. The van der Waals surface area contributed by atoms with Crippen LogP contribution in [0.5, 0.6) is 0 Å². The predicted octanol–water partition coefficient (Wildman–Crippen LogP) is 3.81. The molecular weight excluding hydrogens is 254 g/mol. The van der Waals surface area contributed by atoms with E-state index in [2.05, 4.69) is 42.3 Å². The van der Waals surface area contributed by atoms with Crippen molar-refractivity contribution in [2.75, 3.05) is 17.3 Å². The fourth-order valence-corrected chi connectivity index (χ4v) is 2.35. The second-order valence-electron chi connectivity index (χ2n) is 4.29. The number of anilines is 1. The average molecular weight is 274 g/mol. The van der Waals surface area contributed by atoms with Gasteiger partial charge in [0, 0.05) is 23.8 Å². The van der Waals surface area contributed by atoms with Crippen molar-refractivity contribution in [1.82, 2.24) is 9.97 Å². The summed E-state index contributed by atoms with van der Waals surface area (Å²) in [6.07, 6.45) is 3.18. The number of nitrogens with one attached hydrogen (secondary N) is 1. The summed E-state index contributed by atoms with van der Waals surface area (Å²) < 4.78 is 0. The highest BCUT2D eigenvalue weighted by Gasteiger charge is 2.10.